The van der Waals surface area contributed by atoms with E-state index in [2.05, 4.69) is 36.5 Å². The third-order valence-electron chi connectivity index (χ3n) is 9.57. The number of ether oxygens (including phenoxy) is 2. The molecular formula is C44H43ClN4O7S. The lowest BCUT2D eigenvalue weighted by Crippen LogP contribution is -2.16. The summed E-state index contributed by atoms with van der Waals surface area (Å²) < 4.78 is 38.1. The van der Waals surface area contributed by atoms with Crippen LogP contribution in [-0.4, -0.2) is 35.1 Å². The largest absolute Gasteiger partial charge is 0.493 e. The Bertz CT molecular complexity index is 2530. The molecule has 0 radical (unpaired) electrons. The summed E-state index contributed by atoms with van der Waals surface area (Å²) in [4.78, 5) is 26.1. The van der Waals surface area contributed by atoms with Crippen molar-refractivity contribution in [1.82, 2.24) is 9.78 Å². The summed E-state index contributed by atoms with van der Waals surface area (Å²) in [5, 5.41) is 20.4. The van der Waals surface area contributed by atoms with Crippen LogP contribution in [0.5, 0.6) is 28.9 Å². The van der Waals surface area contributed by atoms with Crippen LogP contribution >= 0.6 is 10.7 Å². The number of amides is 2. The van der Waals surface area contributed by atoms with Crippen LogP contribution in [0, 0.1) is 0 Å². The Kier molecular flexibility index (Phi) is 11.5. The van der Waals surface area contributed by atoms with E-state index in [1.807, 2.05) is 45.0 Å². The molecule has 0 aliphatic carbocycles. The zero-order chi connectivity index (χ0) is 41.1. The Labute approximate surface area is 336 Å². The number of carbonyl (C=O) groups excluding carboxylic acids is 2. The van der Waals surface area contributed by atoms with Gasteiger partial charge < -0.3 is 25.2 Å². The molecule has 3 N–H and O–H groups in total. The van der Waals surface area contributed by atoms with E-state index < -0.39 is 20.9 Å². The minimum absolute atomic E-state index is 0.0344. The Morgan fingerprint density at radius 2 is 1.33 bits per heavy atom. The van der Waals surface area contributed by atoms with Crippen LogP contribution in [0.2, 0.25) is 0 Å². The summed E-state index contributed by atoms with van der Waals surface area (Å²) >= 11 is 0. The van der Waals surface area contributed by atoms with Gasteiger partial charge in [0.1, 0.15) is 27.9 Å². The van der Waals surface area contributed by atoms with E-state index in [0.29, 0.717) is 22.9 Å². The van der Waals surface area contributed by atoms with Gasteiger partial charge in [-0.15, -0.1) is 5.10 Å². The number of aromatic hydroxyl groups is 1. The van der Waals surface area contributed by atoms with Crippen molar-refractivity contribution in [1.29, 1.82) is 0 Å². The standard InChI is InChI=1S/C44H43ClN4O7S/c1-7-44(5,6)31-15-24-37(38(26-31)57(45,53)54)56-36-10-8-9-29(25-36)42(52)46-32-16-11-28(12-17-32)41(51)47-39-27-40(50)49(48-39)33-18-22-35(23-19-33)55-34-20-13-30(14-21-34)43(2,3)4/h8-27,50H,7H2,1-6H3,(H,46,52)(H,47,48,51). The van der Waals surface area contributed by atoms with Gasteiger partial charge in [0, 0.05) is 33.6 Å². The fourth-order valence-electron chi connectivity index (χ4n) is 5.77. The lowest BCUT2D eigenvalue weighted by molar-refractivity contribution is 0.101. The first-order chi connectivity index (χ1) is 26.9. The molecule has 0 saturated heterocycles. The van der Waals surface area contributed by atoms with Gasteiger partial charge in [0.15, 0.2) is 5.82 Å². The summed E-state index contributed by atoms with van der Waals surface area (Å²) in [5.74, 6) is 0.593. The molecular weight excluding hydrogens is 764 g/mol. The number of benzene rings is 5. The molecule has 0 aliphatic rings. The number of aromatic nitrogens is 2. The maximum absolute atomic E-state index is 13.2. The van der Waals surface area contributed by atoms with Crippen molar-refractivity contribution in [3.05, 3.63) is 144 Å². The van der Waals surface area contributed by atoms with Crippen LogP contribution in [0.15, 0.2) is 126 Å². The third kappa shape index (κ3) is 9.83. The van der Waals surface area contributed by atoms with Crippen molar-refractivity contribution in [3.63, 3.8) is 0 Å². The Morgan fingerprint density at radius 3 is 1.95 bits per heavy atom. The summed E-state index contributed by atoms with van der Waals surface area (Å²) in [7, 11) is 1.64. The second-order valence-corrected chi connectivity index (χ2v) is 17.7. The molecule has 294 valence electrons. The summed E-state index contributed by atoms with van der Waals surface area (Å²) in [6, 6.07) is 33.6. The monoisotopic (exact) mass is 806 g/mol. The predicted molar refractivity (Wildman–Crippen MR) is 222 cm³/mol. The summed E-state index contributed by atoms with van der Waals surface area (Å²) in [6.45, 7) is 12.5. The van der Waals surface area contributed by atoms with Crippen LogP contribution in [0.3, 0.4) is 0 Å². The van der Waals surface area contributed by atoms with E-state index in [1.165, 1.54) is 40.6 Å². The smallest absolute Gasteiger partial charge is 0.265 e. The Balaban J connectivity index is 1.06. The highest BCUT2D eigenvalue weighted by molar-refractivity contribution is 8.13. The molecule has 0 spiro atoms. The van der Waals surface area contributed by atoms with Gasteiger partial charge in [-0.05, 0) is 119 Å². The molecule has 11 nitrogen and oxygen atoms in total. The number of hydrogen-bond acceptors (Lipinski definition) is 8. The second-order valence-electron chi connectivity index (χ2n) is 15.1. The van der Waals surface area contributed by atoms with E-state index >= 15 is 0 Å². The quantitative estimate of drug-likeness (QED) is 0.104. The summed E-state index contributed by atoms with van der Waals surface area (Å²) in [5.41, 5.74) is 3.26. The van der Waals surface area contributed by atoms with Crippen molar-refractivity contribution >= 4 is 43.1 Å². The predicted octanol–water partition coefficient (Wildman–Crippen LogP) is 10.6. The highest BCUT2D eigenvalue weighted by Gasteiger charge is 2.25. The molecule has 0 saturated carbocycles. The molecule has 5 aromatic carbocycles. The van der Waals surface area contributed by atoms with E-state index in [0.717, 1.165) is 12.0 Å². The fourth-order valence-corrected chi connectivity index (χ4v) is 6.75. The van der Waals surface area contributed by atoms with Gasteiger partial charge in [0.25, 0.3) is 20.9 Å². The number of rotatable bonds is 12. The average molecular weight is 807 g/mol. The molecule has 1 aromatic heterocycles. The second kappa shape index (κ2) is 16.2. The topological polar surface area (TPSA) is 149 Å². The number of nitrogens with one attached hydrogen (secondary N) is 2. The first-order valence-corrected chi connectivity index (χ1v) is 20.5. The number of hydrogen-bond donors (Lipinski definition) is 3. The van der Waals surface area contributed by atoms with Crippen molar-refractivity contribution < 1.29 is 32.6 Å². The SMILES string of the molecule is CCC(C)(C)c1ccc(Oc2cccc(C(=O)Nc3ccc(C(=O)Nc4cc(O)n(-c5ccc(Oc6ccc(C(C)(C)C)cc6)cc5)n4)cc3)c2)c(S(=O)(=O)Cl)c1. The molecule has 1 heterocycles. The van der Waals surface area contributed by atoms with Crippen molar-refractivity contribution in [2.24, 2.45) is 0 Å². The first-order valence-electron chi connectivity index (χ1n) is 18.2. The molecule has 6 rings (SSSR count). The van der Waals surface area contributed by atoms with Gasteiger partial charge in [-0.25, -0.2) is 8.42 Å². The molecule has 2 amide bonds. The van der Waals surface area contributed by atoms with E-state index in [1.54, 1.807) is 66.7 Å². The number of halogens is 1. The lowest BCUT2D eigenvalue weighted by Gasteiger charge is -2.24. The highest BCUT2D eigenvalue weighted by atomic mass is 35.7. The molecule has 0 bridgehead atoms. The molecule has 0 fully saturated rings. The molecule has 0 aliphatic heterocycles. The zero-order valence-electron chi connectivity index (χ0n) is 32.3. The van der Waals surface area contributed by atoms with Gasteiger partial charge in [-0.2, -0.15) is 4.68 Å². The van der Waals surface area contributed by atoms with Crippen LogP contribution in [0.4, 0.5) is 11.5 Å². The van der Waals surface area contributed by atoms with E-state index in [4.69, 9.17) is 20.2 Å². The minimum Gasteiger partial charge on any atom is -0.493 e. The van der Waals surface area contributed by atoms with Crippen molar-refractivity contribution in [2.45, 2.75) is 63.7 Å². The maximum Gasteiger partial charge on any atom is 0.265 e. The van der Waals surface area contributed by atoms with Gasteiger partial charge in [0.05, 0.1) is 5.69 Å². The zero-order valence-corrected chi connectivity index (χ0v) is 33.9. The molecule has 6 aromatic rings. The van der Waals surface area contributed by atoms with Gasteiger partial charge in [0.2, 0.25) is 5.88 Å². The van der Waals surface area contributed by atoms with Gasteiger partial charge in [-0.3, -0.25) is 9.59 Å². The van der Waals surface area contributed by atoms with Gasteiger partial charge >= 0.3 is 0 Å². The highest BCUT2D eigenvalue weighted by Crippen LogP contribution is 2.37. The lowest BCUT2D eigenvalue weighted by atomic mass is 9.82. The van der Waals surface area contributed by atoms with Crippen molar-refractivity contribution in [2.75, 3.05) is 10.6 Å². The number of carbonyl (C=O) groups is 2. The van der Waals surface area contributed by atoms with Gasteiger partial charge in [-0.1, -0.05) is 65.8 Å². The van der Waals surface area contributed by atoms with Crippen LogP contribution < -0.4 is 20.1 Å². The normalized spacial score (nSPS) is 11.8. The van der Waals surface area contributed by atoms with Crippen LogP contribution in [0.1, 0.15) is 79.8 Å². The summed E-state index contributed by atoms with van der Waals surface area (Å²) in [6.07, 6.45) is 0.780. The maximum atomic E-state index is 13.2. The number of anilines is 2. The minimum atomic E-state index is -4.15. The average Bonchev–Trinajstić information content (AvgIpc) is 3.54. The molecule has 0 unspecified atom stereocenters. The van der Waals surface area contributed by atoms with Crippen molar-refractivity contribution in [3.8, 4) is 34.6 Å². The molecule has 57 heavy (non-hydrogen) atoms. The van der Waals surface area contributed by atoms with Crippen LogP contribution in [0.25, 0.3) is 5.69 Å². The molecule has 13 heteroatoms. The number of nitrogens with zero attached hydrogens (tertiary/aromatic N) is 2. The van der Waals surface area contributed by atoms with E-state index in [-0.39, 0.29) is 50.0 Å². The molecule has 0 atom stereocenters. The first kappa shape index (κ1) is 40.6. The van der Waals surface area contributed by atoms with Crippen LogP contribution in [-0.2, 0) is 19.9 Å². The Hall–Kier alpha value is -6.11. The third-order valence-corrected chi connectivity index (χ3v) is 10.9. The Morgan fingerprint density at radius 1 is 0.719 bits per heavy atom. The fraction of sp³-hybridized carbons (Fsp3) is 0.205. The van der Waals surface area contributed by atoms with E-state index in [9.17, 15) is 23.1 Å².